The number of nitrogens with zero attached hydrogens (tertiary/aromatic N) is 2. The molecule has 8 fully saturated rings. The van der Waals surface area contributed by atoms with Crippen molar-refractivity contribution in [2.24, 2.45) is 47.3 Å². The van der Waals surface area contributed by atoms with Crippen LogP contribution in [0.5, 0.6) is 0 Å². The predicted molar refractivity (Wildman–Crippen MR) is 419 cm³/mol. The Kier molecular flexibility index (Phi) is 12.2. The number of hydrogen-bond donors (Lipinski definition) is 0. The summed E-state index contributed by atoms with van der Waals surface area (Å²) in [6, 6.07) is 104. The molecule has 8 saturated carbocycles. The van der Waals surface area contributed by atoms with Crippen molar-refractivity contribution in [2.75, 3.05) is 9.80 Å². The molecule has 0 amide bonds. The number of furan rings is 2. The summed E-state index contributed by atoms with van der Waals surface area (Å²) in [4.78, 5) is 5.05. The van der Waals surface area contributed by atoms with Crippen molar-refractivity contribution in [1.29, 1.82) is 0 Å². The summed E-state index contributed by atoms with van der Waals surface area (Å²) in [5, 5.41) is 9.81. The highest BCUT2D eigenvalue weighted by Crippen LogP contribution is 2.72. The Morgan fingerprint density at radius 2 is 0.713 bits per heavy atom. The predicted octanol–water partition coefficient (Wildman–Crippen LogP) is 26.7. The van der Waals surface area contributed by atoms with Gasteiger partial charge in [-0.2, -0.15) is 0 Å². The monoisotopic (exact) mass is 1320 g/mol. The normalized spacial score (nSPS) is 24.3. The number of hydrogen-bond acceptors (Lipinski definition) is 5. The molecule has 4 nitrogen and oxygen atoms in total. The summed E-state index contributed by atoms with van der Waals surface area (Å²) in [5.41, 5.74) is 25.6. The second-order valence-electron chi connectivity index (χ2n) is 31.5. The zero-order chi connectivity index (χ0) is 65.8. The molecule has 0 radical (unpaired) electrons. The Morgan fingerprint density at radius 3 is 1.35 bits per heavy atom. The number of anilines is 6. The van der Waals surface area contributed by atoms with Gasteiger partial charge in [-0.15, -0.1) is 11.3 Å². The molecular formula is C96H74N2O2S. The lowest BCUT2D eigenvalue weighted by atomic mass is 9.43. The number of benzene rings is 13. The standard InChI is InChI=1S/C50H39NS.C46H35NO2/c1-2-9-35-29-36(17-16-33(35)8-1)34-18-20-39(21-19-34)51(40-22-23-42-41-10-4-6-15-47(41)52-48(42)30-40)46-14-7-13-45-49(46)43-11-3-5-12-44(43)50(45)37-25-31-24-32(27-37)28-38(50)26-31;1-4-11-38-36(10-1)45-39(46(38)29-21-27-20-28(23-29)24-30(46)22-27)12-7-13-40(45)47(31-17-19-43-37(25-31)34-9-3-6-15-42(34)48-43)32-16-18-35-33-8-2-5-14-41(33)49-44(35)26-32/h1-23,29-32,37-38H,24-28H2;1-19,25-30H,20-24H2. The summed E-state index contributed by atoms with van der Waals surface area (Å²) in [7, 11) is 0. The zero-order valence-corrected chi connectivity index (χ0v) is 57.2. The third-order valence-corrected chi connectivity index (χ3v) is 27.8. The van der Waals surface area contributed by atoms with Gasteiger partial charge in [-0.3, -0.25) is 0 Å². The zero-order valence-electron chi connectivity index (χ0n) is 56.4. The van der Waals surface area contributed by atoms with Gasteiger partial charge in [0.15, 0.2) is 0 Å². The molecule has 486 valence electrons. The molecule has 0 unspecified atom stereocenters. The maximum absolute atomic E-state index is 6.49. The first-order valence-electron chi connectivity index (χ1n) is 37.4. The van der Waals surface area contributed by atoms with Crippen molar-refractivity contribution in [2.45, 2.75) is 75.0 Å². The summed E-state index contributed by atoms with van der Waals surface area (Å²) in [6.45, 7) is 0. The molecule has 8 bridgehead atoms. The molecule has 3 heterocycles. The summed E-state index contributed by atoms with van der Waals surface area (Å²) in [6.07, 6.45) is 14.0. The van der Waals surface area contributed by atoms with Gasteiger partial charge >= 0.3 is 0 Å². The van der Waals surface area contributed by atoms with Gasteiger partial charge in [0, 0.05) is 92.5 Å². The highest BCUT2D eigenvalue weighted by molar-refractivity contribution is 7.25. The van der Waals surface area contributed by atoms with Crippen molar-refractivity contribution in [1.82, 2.24) is 0 Å². The minimum Gasteiger partial charge on any atom is -0.456 e. The van der Waals surface area contributed by atoms with Gasteiger partial charge in [0.05, 0.1) is 11.4 Å². The van der Waals surface area contributed by atoms with Gasteiger partial charge in [0.2, 0.25) is 0 Å². The fourth-order valence-electron chi connectivity index (χ4n) is 23.3. The first-order chi connectivity index (χ1) is 50.0. The minimum atomic E-state index is 0.106. The van der Waals surface area contributed by atoms with E-state index in [1.54, 1.807) is 22.3 Å². The van der Waals surface area contributed by atoms with E-state index in [-0.39, 0.29) is 10.8 Å². The molecule has 0 aliphatic heterocycles. The lowest BCUT2D eigenvalue weighted by Crippen LogP contribution is -2.55. The second kappa shape index (κ2) is 21.5. The maximum atomic E-state index is 6.49. The number of thiophene rings is 1. The minimum absolute atomic E-state index is 0.106. The Balaban J connectivity index is 0.000000125. The lowest BCUT2D eigenvalue weighted by molar-refractivity contribution is -0.0399. The van der Waals surface area contributed by atoms with Crippen LogP contribution in [0.1, 0.15) is 86.5 Å². The molecule has 16 aromatic rings. The van der Waals surface area contributed by atoms with E-state index in [0.717, 1.165) is 103 Å². The van der Waals surface area contributed by atoms with Crippen molar-refractivity contribution >= 4 is 120 Å². The smallest absolute Gasteiger partial charge is 0.137 e. The van der Waals surface area contributed by atoms with Crippen LogP contribution in [-0.2, 0) is 10.8 Å². The van der Waals surface area contributed by atoms with Crippen LogP contribution in [-0.4, -0.2) is 0 Å². The summed E-state index contributed by atoms with van der Waals surface area (Å²) in [5.74, 6) is 6.60. The quantitative estimate of drug-likeness (QED) is 0.159. The summed E-state index contributed by atoms with van der Waals surface area (Å²) < 4.78 is 15.5. The van der Waals surface area contributed by atoms with Crippen molar-refractivity contribution in [3.8, 4) is 33.4 Å². The third kappa shape index (κ3) is 8.18. The van der Waals surface area contributed by atoms with Crippen LogP contribution in [0.15, 0.2) is 288 Å². The van der Waals surface area contributed by atoms with Crippen molar-refractivity contribution in [3.05, 3.63) is 301 Å². The SMILES string of the molecule is c1ccc2c(c1)-c1c(N(c3ccc(-c4ccc5ccccc5c4)cc3)c3ccc4c(c3)sc3ccccc34)cccc1C21C2CC3CC(C2)CC1C3.c1ccc2c(c1)-c1c(N(c3ccc4c(c3)oc3ccccc34)c3ccc4oc5ccccc5c4c3)cccc1C21C2CC3CC(C2)CC1C3. The second-order valence-corrected chi connectivity index (χ2v) is 32.5. The lowest BCUT2D eigenvalue weighted by Gasteiger charge is -2.61. The molecule has 26 rings (SSSR count). The van der Waals surface area contributed by atoms with Crippen LogP contribution in [0.4, 0.5) is 34.1 Å². The van der Waals surface area contributed by atoms with E-state index in [0.29, 0.717) is 0 Å². The first-order valence-corrected chi connectivity index (χ1v) is 38.2. The molecule has 10 aliphatic rings. The highest BCUT2D eigenvalue weighted by atomic mass is 32.1. The van der Waals surface area contributed by atoms with Crippen LogP contribution >= 0.6 is 11.3 Å². The fraction of sp³-hybridized carbons (Fsp3) is 0.208. The average molecular weight is 1320 g/mol. The molecule has 0 saturated heterocycles. The van der Waals surface area contributed by atoms with E-state index in [1.807, 2.05) is 23.5 Å². The Hall–Kier alpha value is -10.5. The van der Waals surface area contributed by atoms with E-state index >= 15 is 0 Å². The largest absolute Gasteiger partial charge is 0.456 e. The molecule has 10 aliphatic carbocycles. The van der Waals surface area contributed by atoms with Crippen LogP contribution in [0.25, 0.3) is 108 Å². The number of fused-ring (bicyclic) bond motifs is 16. The van der Waals surface area contributed by atoms with Gasteiger partial charge in [-0.1, -0.05) is 182 Å². The Morgan fingerprint density at radius 1 is 0.277 bits per heavy atom. The Labute approximate surface area is 592 Å². The number of rotatable bonds is 7. The van der Waals surface area contributed by atoms with Gasteiger partial charge < -0.3 is 18.6 Å². The molecule has 3 aromatic heterocycles. The summed E-state index contributed by atoms with van der Waals surface area (Å²) >= 11 is 1.90. The van der Waals surface area contributed by atoms with E-state index in [9.17, 15) is 0 Å². The van der Waals surface area contributed by atoms with Gasteiger partial charge in [-0.05, 0) is 258 Å². The molecule has 101 heavy (non-hydrogen) atoms. The van der Waals surface area contributed by atoms with Crippen LogP contribution in [0.3, 0.4) is 0 Å². The molecule has 13 aromatic carbocycles. The van der Waals surface area contributed by atoms with Crippen molar-refractivity contribution < 1.29 is 8.83 Å². The van der Waals surface area contributed by atoms with Crippen LogP contribution in [0, 0.1) is 47.3 Å². The van der Waals surface area contributed by atoms with Crippen molar-refractivity contribution in [3.63, 3.8) is 0 Å². The maximum Gasteiger partial charge on any atom is 0.137 e. The highest BCUT2D eigenvalue weighted by Gasteiger charge is 2.63. The van der Waals surface area contributed by atoms with E-state index in [4.69, 9.17) is 8.83 Å². The van der Waals surface area contributed by atoms with E-state index in [2.05, 4.69) is 277 Å². The third-order valence-electron chi connectivity index (χ3n) is 26.7. The van der Waals surface area contributed by atoms with E-state index < -0.39 is 0 Å². The van der Waals surface area contributed by atoms with Gasteiger partial charge in [0.25, 0.3) is 0 Å². The molecule has 0 atom stereocenters. The van der Waals surface area contributed by atoms with Gasteiger partial charge in [-0.25, -0.2) is 0 Å². The molecule has 5 heteroatoms. The van der Waals surface area contributed by atoms with Gasteiger partial charge in [0.1, 0.15) is 22.3 Å². The van der Waals surface area contributed by atoms with Crippen LogP contribution in [0.2, 0.25) is 0 Å². The number of para-hydroxylation sites is 2. The topological polar surface area (TPSA) is 32.8 Å². The fourth-order valence-corrected chi connectivity index (χ4v) is 24.5. The molecule has 2 spiro atoms. The molecular weight excluding hydrogens is 1250 g/mol. The molecule has 0 N–H and O–H groups in total. The van der Waals surface area contributed by atoms with Crippen LogP contribution < -0.4 is 9.80 Å². The Bertz CT molecular complexity index is 6060. The average Bonchev–Trinajstić information content (AvgIpc) is 1.56. The first kappa shape index (κ1) is 57.3. The van der Waals surface area contributed by atoms with E-state index in [1.165, 1.54) is 151 Å².